The minimum atomic E-state index is -0.194. The smallest absolute Gasteiger partial charge is 0.0524 e. The molecule has 1 aromatic rings. The van der Waals surface area contributed by atoms with Gasteiger partial charge in [0.25, 0.3) is 0 Å². The van der Waals surface area contributed by atoms with Crippen LogP contribution in [0.15, 0.2) is 17.5 Å². The summed E-state index contributed by atoms with van der Waals surface area (Å²) in [5.74, 6) is 0. The van der Waals surface area contributed by atoms with E-state index in [0.29, 0.717) is 0 Å². The van der Waals surface area contributed by atoms with E-state index in [1.165, 1.54) is 4.88 Å². The molecule has 0 spiro atoms. The molecule has 1 rings (SSSR count). The van der Waals surface area contributed by atoms with Crippen LogP contribution in [-0.2, 0) is 6.54 Å². The van der Waals surface area contributed by atoms with E-state index in [9.17, 15) is 0 Å². The van der Waals surface area contributed by atoms with Crippen molar-refractivity contribution in [1.29, 1.82) is 0 Å². The first-order chi connectivity index (χ1) is 5.79. The van der Waals surface area contributed by atoms with Crippen molar-refractivity contribution in [3.05, 3.63) is 22.4 Å². The molecule has 0 bridgehead atoms. The highest BCUT2D eigenvalue weighted by Crippen LogP contribution is 2.07. The van der Waals surface area contributed by atoms with Gasteiger partial charge in [-0.15, -0.1) is 11.3 Å². The van der Waals surface area contributed by atoms with E-state index in [0.717, 1.165) is 19.5 Å². The summed E-state index contributed by atoms with van der Waals surface area (Å²) in [4.78, 5) is 1.35. The maximum absolute atomic E-state index is 8.97. The number of thiophene rings is 1. The predicted octanol–water partition coefficient (Wildman–Crippen LogP) is 1.61. The lowest BCUT2D eigenvalue weighted by atomic mass is 10.3. The van der Waals surface area contributed by atoms with Gasteiger partial charge >= 0.3 is 0 Å². The fourth-order valence-electron chi connectivity index (χ4n) is 0.936. The molecule has 0 aliphatic carbocycles. The Bertz CT molecular complexity index is 196. The van der Waals surface area contributed by atoms with Crippen LogP contribution in [0.3, 0.4) is 0 Å². The summed E-state index contributed by atoms with van der Waals surface area (Å²) >= 11 is 1.76. The standard InChI is InChI=1S/C9H15NOS/c1-8(11)4-5-10-7-9-3-2-6-12-9/h2-3,6,8,10-11H,4-5,7H2,1H3/t8-/m1/s1. The Morgan fingerprint density at radius 2 is 2.50 bits per heavy atom. The molecule has 0 aliphatic rings. The van der Waals surface area contributed by atoms with Crippen LogP contribution >= 0.6 is 11.3 Å². The zero-order chi connectivity index (χ0) is 8.81. The van der Waals surface area contributed by atoms with Crippen molar-refractivity contribution in [2.75, 3.05) is 6.54 Å². The fourth-order valence-corrected chi connectivity index (χ4v) is 1.61. The summed E-state index contributed by atoms with van der Waals surface area (Å²) in [6, 6.07) is 4.16. The SMILES string of the molecule is C[C@@H](O)CCNCc1cccs1. The van der Waals surface area contributed by atoms with Crippen LogP contribution in [0.5, 0.6) is 0 Å². The molecular formula is C9H15NOS. The molecule has 12 heavy (non-hydrogen) atoms. The second-order valence-electron chi connectivity index (χ2n) is 2.89. The molecule has 0 saturated heterocycles. The molecule has 2 nitrogen and oxygen atoms in total. The third-order valence-electron chi connectivity index (χ3n) is 1.62. The minimum absolute atomic E-state index is 0.194. The van der Waals surface area contributed by atoms with E-state index in [2.05, 4.69) is 22.8 Å². The van der Waals surface area contributed by atoms with Crippen molar-refractivity contribution in [2.24, 2.45) is 0 Å². The van der Waals surface area contributed by atoms with Gasteiger partial charge in [0.15, 0.2) is 0 Å². The Morgan fingerprint density at radius 3 is 3.08 bits per heavy atom. The quantitative estimate of drug-likeness (QED) is 0.683. The molecule has 0 aliphatic heterocycles. The van der Waals surface area contributed by atoms with Gasteiger partial charge in [-0.3, -0.25) is 0 Å². The topological polar surface area (TPSA) is 32.3 Å². The summed E-state index contributed by atoms with van der Waals surface area (Å²) in [5.41, 5.74) is 0. The molecule has 68 valence electrons. The zero-order valence-electron chi connectivity index (χ0n) is 7.29. The Hall–Kier alpha value is -0.380. The Kier molecular flexibility index (Phi) is 4.29. The molecular weight excluding hydrogens is 170 g/mol. The Balaban J connectivity index is 2.04. The number of aliphatic hydroxyl groups excluding tert-OH is 1. The molecule has 1 aromatic heterocycles. The lowest BCUT2D eigenvalue weighted by Crippen LogP contribution is -2.17. The molecule has 2 N–H and O–H groups in total. The number of hydrogen-bond acceptors (Lipinski definition) is 3. The first kappa shape index (κ1) is 9.71. The van der Waals surface area contributed by atoms with Crippen LogP contribution in [0.4, 0.5) is 0 Å². The highest BCUT2D eigenvalue weighted by Gasteiger charge is 1.95. The van der Waals surface area contributed by atoms with Crippen molar-refractivity contribution in [2.45, 2.75) is 26.0 Å². The van der Waals surface area contributed by atoms with Gasteiger partial charge in [-0.2, -0.15) is 0 Å². The van der Waals surface area contributed by atoms with E-state index in [-0.39, 0.29) is 6.10 Å². The normalized spacial score (nSPS) is 13.2. The number of aliphatic hydroxyl groups is 1. The van der Waals surface area contributed by atoms with Crippen molar-refractivity contribution in [3.8, 4) is 0 Å². The van der Waals surface area contributed by atoms with Crippen LogP contribution < -0.4 is 5.32 Å². The first-order valence-corrected chi connectivity index (χ1v) is 5.08. The van der Waals surface area contributed by atoms with Crippen LogP contribution in [-0.4, -0.2) is 17.8 Å². The second-order valence-corrected chi connectivity index (χ2v) is 3.93. The molecule has 0 radical (unpaired) electrons. The average molecular weight is 185 g/mol. The first-order valence-electron chi connectivity index (χ1n) is 4.20. The van der Waals surface area contributed by atoms with Crippen LogP contribution in [0.2, 0.25) is 0 Å². The van der Waals surface area contributed by atoms with Gasteiger partial charge in [-0.25, -0.2) is 0 Å². The van der Waals surface area contributed by atoms with Crippen LogP contribution in [0, 0.1) is 0 Å². The average Bonchev–Trinajstić information content (AvgIpc) is 2.49. The summed E-state index contributed by atoms with van der Waals surface area (Å²) in [6.45, 7) is 3.62. The van der Waals surface area contributed by atoms with Gasteiger partial charge in [0.1, 0.15) is 0 Å². The van der Waals surface area contributed by atoms with Crippen LogP contribution in [0.1, 0.15) is 18.2 Å². The van der Waals surface area contributed by atoms with Gasteiger partial charge in [-0.05, 0) is 31.3 Å². The van der Waals surface area contributed by atoms with Crippen molar-refractivity contribution in [3.63, 3.8) is 0 Å². The number of hydrogen-bond donors (Lipinski definition) is 2. The molecule has 0 aromatic carbocycles. The highest BCUT2D eigenvalue weighted by atomic mass is 32.1. The fraction of sp³-hybridized carbons (Fsp3) is 0.556. The third-order valence-corrected chi connectivity index (χ3v) is 2.49. The predicted molar refractivity (Wildman–Crippen MR) is 52.3 cm³/mol. The number of nitrogens with one attached hydrogen (secondary N) is 1. The molecule has 1 atom stereocenters. The van der Waals surface area contributed by atoms with Gasteiger partial charge in [0, 0.05) is 11.4 Å². The lowest BCUT2D eigenvalue weighted by molar-refractivity contribution is 0.183. The molecule has 0 amide bonds. The van der Waals surface area contributed by atoms with Crippen LogP contribution in [0.25, 0.3) is 0 Å². The van der Waals surface area contributed by atoms with Gasteiger partial charge in [0.05, 0.1) is 6.10 Å². The summed E-state index contributed by atoms with van der Waals surface area (Å²) in [7, 11) is 0. The van der Waals surface area contributed by atoms with Crippen molar-refractivity contribution < 1.29 is 5.11 Å². The van der Waals surface area contributed by atoms with E-state index in [1.54, 1.807) is 11.3 Å². The summed E-state index contributed by atoms with van der Waals surface area (Å²) < 4.78 is 0. The molecule has 0 fully saturated rings. The monoisotopic (exact) mass is 185 g/mol. The Morgan fingerprint density at radius 1 is 1.67 bits per heavy atom. The molecule has 3 heteroatoms. The molecule has 0 unspecified atom stereocenters. The van der Waals surface area contributed by atoms with E-state index < -0.39 is 0 Å². The maximum atomic E-state index is 8.97. The van der Waals surface area contributed by atoms with Crippen molar-refractivity contribution >= 4 is 11.3 Å². The largest absolute Gasteiger partial charge is 0.393 e. The maximum Gasteiger partial charge on any atom is 0.0524 e. The van der Waals surface area contributed by atoms with E-state index in [4.69, 9.17) is 5.11 Å². The highest BCUT2D eigenvalue weighted by molar-refractivity contribution is 7.09. The third kappa shape index (κ3) is 3.85. The second kappa shape index (κ2) is 5.30. The molecule has 1 heterocycles. The molecule has 0 saturated carbocycles. The van der Waals surface area contributed by atoms with Crippen molar-refractivity contribution in [1.82, 2.24) is 5.32 Å². The zero-order valence-corrected chi connectivity index (χ0v) is 8.10. The van der Waals surface area contributed by atoms with Gasteiger partial charge in [-0.1, -0.05) is 6.07 Å². The summed E-state index contributed by atoms with van der Waals surface area (Å²) in [5, 5.41) is 14.3. The Labute approximate surface area is 77.2 Å². The van der Waals surface area contributed by atoms with Gasteiger partial charge < -0.3 is 10.4 Å². The van der Waals surface area contributed by atoms with E-state index >= 15 is 0 Å². The summed E-state index contributed by atoms with van der Waals surface area (Å²) in [6.07, 6.45) is 0.631. The van der Waals surface area contributed by atoms with E-state index in [1.807, 2.05) is 6.92 Å². The minimum Gasteiger partial charge on any atom is -0.393 e. The number of rotatable bonds is 5. The lowest BCUT2D eigenvalue weighted by Gasteiger charge is -2.04. The van der Waals surface area contributed by atoms with Gasteiger partial charge in [0.2, 0.25) is 0 Å².